The normalized spacial score (nSPS) is 12.8. The van der Waals surface area contributed by atoms with E-state index in [0.717, 1.165) is 48.5 Å². The minimum Gasteiger partial charge on any atom is -0.335 e. The summed E-state index contributed by atoms with van der Waals surface area (Å²) in [5.41, 5.74) is -4.27. The highest BCUT2D eigenvalue weighted by Crippen LogP contribution is 2.32. The molecular formula is C40H44AlF12N. The van der Waals surface area contributed by atoms with E-state index < -0.39 is 60.0 Å². The molecular weight excluding hydrogens is 749 g/mol. The molecule has 1 N–H and O–H groups in total. The van der Waals surface area contributed by atoms with Crippen molar-refractivity contribution in [1.29, 1.82) is 0 Å². The molecule has 4 aromatic carbocycles. The van der Waals surface area contributed by atoms with Crippen molar-refractivity contribution in [3.05, 3.63) is 119 Å². The van der Waals surface area contributed by atoms with Gasteiger partial charge in [0.1, 0.15) is 0 Å². The third kappa shape index (κ3) is 11.8. The molecule has 0 radical (unpaired) electrons. The predicted molar refractivity (Wildman–Crippen MR) is 190 cm³/mol. The number of alkyl halides is 12. The smallest absolute Gasteiger partial charge is 0.335 e. The van der Waals surface area contributed by atoms with Crippen LogP contribution in [0.3, 0.4) is 0 Å². The maximum atomic E-state index is 13.3. The van der Waals surface area contributed by atoms with Gasteiger partial charge in [-0.15, -0.1) is 48.5 Å². The maximum Gasteiger partial charge on any atom is 0.416 e. The van der Waals surface area contributed by atoms with Crippen LogP contribution < -0.4 is 22.6 Å². The van der Waals surface area contributed by atoms with Crippen LogP contribution >= 0.6 is 0 Å². The molecule has 0 amide bonds. The topological polar surface area (TPSA) is 4.44 Å². The lowest BCUT2D eigenvalue weighted by Crippen LogP contribution is -3.12. The Hall–Kier alpha value is -3.47. The average Bonchev–Trinajstić information content (AvgIpc) is 3.11. The van der Waals surface area contributed by atoms with E-state index in [9.17, 15) is 52.7 Å². The van der Waals surface area contributed by atoms with Gasteiger partial charge in [0, 0.05) is 0 Å². The fourth-order valence-electron chi connectivity index (χ4n) is 6.65. The quantitative estimate of drug-likeness (QED) is 0.102. The van der Waals surface area contributed by atoms with E-state index in [4.69, 9.17) is 0 Å². The molecule has 0 aliphatic carbocycles. The van der Waals surface area contributed by atoms with Crippen LogP contribution in [-0.4, -0.2) is 32.7 Å². The molecule has 54 heavy (non-hydrogen) atoms. The molecule has 0 saturated carbocycles. The zero-order valence-electron chi connectivity index (χ0n) is 30.2. The summed E-state index contributed by atoms with van der Waals surface area (Å²) in [6.07, 6.45) is -10.8. The fourth-order valence-corrected chi connectivity index (χ4v) is 12.0. The van der Waals surface area contributed by atoms with Gasteiger partial charge in [0.25, 0.3) is 13.1 Å². The summed E-state index contributed by atoms with van der Waals surface area (Å²) in [7, 11) is 0. The predicted octanol–water partition coefficient (Wildman–Crippen LogP) is 9.41. The number of halogens is 12. The van der Waals surface area contributed by atoms with E-state index in [1.54, 1.807) is 0 Å². The lowest BCUT2D eigenvalue weighted by Gasteiger charge is -2.41. The van der Waals surface area contributed by atoms with E-state index in [1.165, 1.54) is 58.2 Å². The lowest BCUT2D eigenvalue weighted by molar-refractivity contribution is -0.900. The molecule has 4 aromatic rings. The number of nitrogens with one attached hydrogen (secondary N) is 1. The summed E-state index contributed by atoms with van der Waals surface area (Å²) >= 11 is -4.53. The molecule has 296 valence electrons. The fraction of sp³-hybridized carbons (Fsp3) is 0.400. The molecule has 0 heterocycles. The largest absolute Gasteiger partial charge is 0.416 e. The lowest BCUT2D eigenvalue weighted by atomic mass is 10.2. The highest BCUT2D eigenvalue weighted by Gasteiger charge is 2.40. The maximum absolute atomic E-state index is 13.3. The highest BCUT2D eigenvalue weighted by atomic mass is 27.2. The summed E-state index contributed by atoms with van der Waals surface area (Å²) in [6, 6.07) is 14.1. The first-order valence-corrected chi connectivity index (χ1v) is 20.2. The van der Waals surface area contributed by atoms with Crippen molar-refractivity contribution in [3.8, 4) is 0 Å². The first kappa shape index (κ1) is 44.9. The first-order valence-electron chi connectivity index (χ1n) is 17.9. The van der Waals surface area contributed by atoms with Gasteiger partial charge < -0.3 is 4.90 Å². The Kier molecular flexibility index (Phi) is 15.7. The molecule has 0 aromatic heterocycles. The number of hydrogen-bond donors (Lipinski definition) is 1. The zero-order valence-corrected chi connectivity index (χ0v) is 31.4. The van der Waals surface area contributed by atoms with Crippen LogP contribution in [-0.2, 0) is 24.7 Å². The molecule has 1 nitrogen and oxygen atoms in total. The summed E-state index contributed by atoms with van der Waals surface area (Å²) in [6.45, 7) is 11.1. The van der Waals surface area contributed by atoms with Crippen LogP contribution in [0.2, 0.25) is 0 Å². The Bertz CT molecular complexity index is 1440. The molecule has 0 aliphatic rings. The summed E-state index contributed by atoms with van der Waals surface area (Å²) in [4.78, 5) is 1.84. The van der Waals surface area contributed by atoms with Gasteiger partial charge in [-0.2, -0.15) is 52.7 Å². The number of benzene rings is 4. The van der Waals surface area contributed by atoms with E-state index in [2.05, 4.69) is 20.8 Å². The van der Waals surface area contributed by atoms with Crippen LogP contribution in [0.4, 0.5) is 52.7 Å². The molecule has 0 atom stereocenters. The van der Waals surface area contributed by atoms with Crippen molar-refractivity contribution in [2.75, 3.05) is 19.6 Å². The van der Waals surface area contributed by atoms with Crippen molar-refractivity contribution in [3.63, 3.8) is 0 Å². The third-order valence-electron chi connectivity index (χ3n) is 9.60. The molecule has 0 fully saturated rings. The average molecular weight is 794 g/mol. The molecule has 0 aliphatic heterocycles. The standard InChI is InChI=1S/C12H27N.4C7H4F3.Al/c1-4-7-10-13(11-8-5-2)12-9-6-3;4*8-7(9,10)6-4-2-1-3-5-6;/h4-12H2,1-3H3;4*2-5H;/q;;;;;-1/p+1. The molecule has 4 rings (SSSR count). The van der Waals surface area contributed by atoms with Crippen molar-refractivity contribution in [2.45, 2.75) is 84.0 Å². The second kappa shape index (κ2) is 18.9. The van der Waals surface area contributed by atoms with Crippen LogP contribution in [0, 0.1) is 0 Å². The second-order valence-corrected chi connectivity index (χ2v) is 17.8. The minimum atomic E-state index is -4.76. The molecule has 0 bridgehead atoms. The number of hydrogen-bond acceptors (Lipinski definition) is 0. The van der Waals surface area contributed by atoms with Crippen LogP contribution in [0.5, 0.6) is 0 Å². The van der Waals surface area contributed by atoms with Gasteiger partial charge in [0.05, 0.1) is 41.9 Å². The van der Waals surface area contributed by atoms with E-state index in [-0.39, 0.29) is 17.7 Å². The van der Waals surface area contributed by atoms with Gasteiger partial charge in [0.2, 0.25) is 0 Å². The van der Waals surface area contributed by atoms with Gasteiger partial charge in [-0.25, -0.2) is 17.7 Å². The Morgan fingerprint density at radius 2 is 0.537 bits per heavy atom. The SMILES string of the molecule is CCCC[NH+](CCCC)CCCC.FC(F)(F)c1cc[c]([Al-]([c]2ccc(C(F)(F)F)cc2)([c]2ccc(C(F)(F)F)cc2)[c]2ccc(C(F)(F)F)cc2)cc1. The Morgan fingerprint density at radius 3 is 0.685 bits per heavy atom. The van der Waals surface area contributed by atoms with E-state index in [1.807, 2.05) is 4.90 Å². The molecule has 14 heteroatoms. The number of quaternary nitrogens is 1. The molecule has 0 unspecified atom stereocenters. The Balaban J connectivity index is 0.000000515. The Labute approximate surface area is 310 Å². The van der Waals surface area contributed by atoms with E-state index >= 15 is 0 Å². The number of rotatable bonds is 13. The molecule has 0 saturated heterocycles. The monoisotopic (exact) mass is 793 g/mol. The van der Waals surface area contributed by atoms with Crippen molar-refractivity contribution >= 4 is 30.8 Å². The molecule has 0 spiro atoms. The number of unbranched alkanes of at least 4 members (excludes halogenated alkanes) is 3. The summed E-state index contributed by atoms with van der Waals surface area (Å²) in [5.74, 6) is 0. The Morgan fingerprint density at radius 1 is 0.352 bits per heavy atom. The summed E-state index contributed by atoms with van der Waals surface area (Å²) < 4.78 is 161. The van der Waals surface area contributed by atoms with Gasteiger partial charge in [-0.1, -0.05) is 88.6 Å². The van der Waals surface area contributed by atoms with Gasteiger partial charge >= 0.3 is 24.7 Å². The highest BCUT2D eigenvalue weighted by molar-refractivity contribution is 7.19. The van der Waals surface area contributed by atoms with E-state index in [0.29, 0.717) is 48.5 Å². The van der Waals surface area contributed by atoms with Crippen molar-refractivity contribution in [1.82, 2.24) is 0 Å². The summed E-state index contributed by atoms with van der Waals surface area (Å²) in [5, 5.41) is 0. The van der Waals surface area contributed by atoms with Gasteiger partial charge in [-0.3, -0.25) is 0 Å². The van der Waals surface area contributed by atoms with Gasteiger partial charge in [-0.05, 0) is 19.3 Å². The first-order chi connectivity index (χ1) is 25.2. The second-order valence-electron chi connectivity index (χ2n) is 13.4. The van der Waals surface area contributed by atoms with Gasteiger partial charge in [0.15, 0.2) is 0 Å². The van der Waals surface area contributed by atoms with Crippen LogP contribution in [0.1, 0.15) is 81.5 Å². The zero-order chi connectivity index (χ0) is 40.4. The minimum absolute atomic E-state index is 0.116. The third-order valence-corrected chi connectivity index (χ3v) is 15.1. The van der Waals surface area contributed by atoms with Crippen molar-refractivity contribution in [2.24, 2.45) is 0 Å². The van der Waals surface area contributed by atoms with Crippen molar-refractivity contribution < 1.29 is 57.6 Å². The van der Waals surface area contributed by atoms with Crippen LogP contribution in [0.15, 0.2) is 97.1 Å². The van der Waals surface area contributed by atoms with Crippen LogP contribution in [0.25, 0.3) is 0 Å².